The Kier molecular flexibility index (Phi) is 6.03. The third-order valence-electron chi connectivity index (χ3n) is 2.09. The lowest BCUT2D eigenvalue weighted by Crippen LogP contribution is -2.09. The third kappa shape index (κ3) is 5.31. The van der Waals surface area contributed by atoms with E-state index < -0.39 is 0 Å². The Morgan fingerprint density at radius 1 is 1.41 bits per heavy atom. The van der Waals surface area contributed by atoms with E-state index in [4.69, 9.17) is 4.74 Å². The summed E-state index contributed by atoms with van der Waals surface area (Å²) in [7, 11) is 1.70. The van der Waals surface area contributed by atoms with Gasteiger partial charge in [-0.15, -0.1) is 6.58 Å². The molecule has 0 radical (unpaired) electrons. The van der Waals surface area contributed by atoms with E-state index in [0.29, 0.717) is 12.5 Å². The van der Waals surface area contributed by atoms with Gasteiger partial charge in [-0.3, -0.25) is 0 Å². The Bertz CT molecular complexity index is 354. The topological polar surface area (TPSA) is 59.1 Å². The fraction of sp³-hybridized carbons (Fsp3) is 0.500. The van der Waals surface area contributed by atoms with Crippen molar-refractivity contribution in [3.8, 4) is 0 Å². The van der Waals surface area contributed by atoms with Gasteiger partial charge in [0, 0.05) is 38.6 Å². The van der Waals surface area contributed by atoms with Gasteiger partial charge >= 0.3 is 0 Å². The van der Waals surface area contributed by atoms with Crippen molar-refractivity contribution < 1.29 is 4.74 Å². The SMILES string of the molecule is C=CCNc1nc(C)cc(NCCCOC)n1. The van der Waals surface area contributed by atoms with E-state index in [9.17, 15) is 0 Å². The summed E-state index contributed by atoms with van der Waals surface area (Å²) in [4.78, 5) is 8.63. The average molecular weight is 236 g/mol. The number of hydrogen-bond acceptors (Lipinski definition) is 5. The maximum absolute atomic E-state index is 4.98. The van der Waals surface area contributed by atoms with Crippen molar-refractivity contribution in [2.45, 2.75) is 13.3 Å². The van der Waals surface area contributed by atoms with E-state index in [2.05, 4.69) is 27.2 Å². The maximum atomic E-state index is 4.98. The lowest BCUT2D eigenvalue weighted by atomic mass is 10.4. The molecular weight excluding hydrogens is 216 g/mol. The molecule has 0 saturated heterocycles. The van der Waals surface area contributed by atoms with Gasteiger partial charge in [-0.1, -0.05) is 6.08 Å². The summed E-state index contributed by atoms with van der Waals surface area (Å²) < 4.78 is 4.98. The van der Waals surface area contributed by atoms with Crippen LogP contribution in [0.1, 0.15) is 12.1 Å². The number of aromatic nitrogens is 2. The van der Waals surface area contributed by atoms with Crippen LogP contribution in [0.4, 0.5) is 11.8 Å². The van der Waals surface area contributed by atoms with Gasteiger partial charge in [0.15, 0.2) is 0 Å². The Labute approximate surface area is 102 Å². The second-order valence-electron chi connectivity index (χ2n) is 3.66. The lowest BCUT2D eigenvalue weighted by molar-refractivity contribution is 0.198. The van der Waals surface area contributed by atoms with Crippen LogP contribution in [0.2, 0.25) is 0 Å². The molecule has 17 heavy (non-hydrogen) atoms. The first-order valence-electron chi connectivity index (χ1n) is 5.69. The molecule has 5 heteroatoms. The number of nitrogens with zero attached hydrogens (tertiary/aromatic N) is 2. The maximum Gasteiger partial charge on any atom is 0.225 e. The third-order valence-corrected chi connectivity index (χ3v) is 2.09. The highest BCUT2D eigenvalue weighted by atomic mass is 16.5. The minimum atomic E-state index is 0.624. The molecule has 2 N–H and O–H groups in total. The molecule has 1 aromatic heterocycles. The second-order valence-corrected chi connectivity index (χ2v) is 3.66. The standard InChI is InChI=1S/C12H20N4O/c1-4-6-14-12-15-10(2)9-11(16-12)13-7-5-8-17-3/h4,9H,1,5-8H2,2-3H3,(H2,13,14,15,16). The number of hydrogen-bond donors (Lipinski definition) is 2. The van der Waals surface area contributed by atoms with Gasteiger partial charge in [0.05, 0.1) is 0 Å². The first kappa shape index (κ1) is 13.4. The van der Waals surface area contributed by atoms with Gasteiger partial charge in [-0.05, 0) is 13.3 Å². The highest BCUT2D eigenvalue weighted by molar-refractivity contribution is 5.42. The molecule has 1 heterocycles. The molecule has 0 amide bonds. The summed E-state index contributed by atoms with van der Waals surface area (Å²) in [6.07, 6.45) is 2.73. The van der Waals surface area contributed by atoms with Crippen LogP contribution in [-0.2, 0) is 4.74 Å². The second kappa shape index (κ2) is 7.62. The molecule has 1 aromatic rings. The highest BCUT2D eigenvalue weighted by Gasteiger charge is 2.00. The number of nitrogens with one attached hydrogen (secondary N) is 2. The van der Waals surface area contributed by atoms with Crippen molar-refractivity contribution in [2.24, 2.45) is 0 Å². The van der Waals surface area contributed by atoms with Crippen LogP contribution < -0.4 is 10.6 Å². The van der Waals surface area contributed by atoms with Crippen molar-refractivity contribution in [3.05, 3.63) is 24.4 Å². The predicted octanol–water partition coefficient (Wildman–Crippen LogP) is 1.83. The molecule has 0 aliphatic carbocycles. The van der Waals surface area contributed by atoms with Gasteiger partial charge < -0.3 is 15.4 Å². The van der Waals surface area contributed by atoms with Crippen LogP contribution in [0, 0.1) is 6.92 Å². The number of ether oxygens (including phenoxy) is 1. The summed E-state index contributed by atoms with van der Waals surface area (Å²) >= 11 is 0. The zero-order valence-corrected chi connectivity index (χ0v) is 10.5. The first-order valence-corrected chi connectivity index (χ1v) is 5.69. The summed E-state index contributed by atoms with van der Waals surface area (Å²) in [6, 6.07) is 1.92. The van der Waals surface area contributed by atoms with E-state index in [1.807, 2.05) is 13.0 Å². The first-order chi connectivity index (χ1) is 8.26. The van der Waals surface area contributed by atoms with E-state index >= 15 is 0 Å². The molecule has 0 atom stereocenters. The Hall–Kier alpha value is -1.62. The Balaban J connectivity index is 2.52. The minimum Gasteiger partial charge on any atom is -0.385 e. The summed E-state index contributed by atoms with van der Waals surface area (Å²) in [5.74, 6) is 1.46. The van der Waals surface area contributed by atoms with Gasteiger partial charge in [0.2, 0.25) is 5.95 Å². The number of aryl methyl sites for hydroxylation is 1. The highest BCUT2D eigenvalue weighted by Crippen LogP contribution is 2.09. The van der Waals surface area contributed by atoms with Crippen molar-refractivity contribution >= 4 is 11.8 Å². The number of methoxy groups -OCH3 is 1. The molecule has 0 spiro atoms. The van der Waals surface area contributed by atoms with E-state index in [-0.39, 0.29) is 0 Å². The number of anilines is 2. The van der Waals surface area contributed by atoms with Crippen molar-refractivity contribution in [1.82, 2.24) is 9.97 Å². The van der Waals surface area contributed by atoms with Crippen LogP contribution >= 0.6 is 0 Å². The molecule has 0 fully saturated rings. The quantitative estimate of drug-likeness (QED) is 0.532. The molecule has 1 rings (SSSR count). The van der Waals surface area contributed by atoms with E-state index in [0.717, 1.165) is 31.1 Å². The molecular formula is C12H20N4O. The molecule has 0 aromatic carbocycles. The van der Waals surface area contributed by atoms with Crippen molar-refractivity contribution in [1.29, 1.82) is 0 Å². The van der Waals surface area contributed by atoms with Gasteiger partial charge in [-0.25, -0.2) is 4.98 Å². The molecule has 0 bridgehead atoms. The zero-order chi connectivity index (χ0) is 12.5. The van der Waals surface area contributed by atoms with E-state index in [1.165, 1.54) is 0 Å². The van der Waals surface area contributed by atoms with Crippen molar-refractivity contribution in [3.63, 3.8) is 0 Å². The lowest BCUT2D eigenvalue weighted by Gasteiger charge is -2.08. The summed E-state index contributed by atoms with van der Waals surface area (Å²) in [5, 5.41) is 6.31. The molecule has 0 saturated carbocycles. The average Bonchev–Trinajstić information content (AvgIpc) is 2.31. The van der Waals surface area contributed by atoms with Gasteiger partial charge in [0.25, 0.3) is 0 Å². The number of rotatable bonds is 8. The van der Waals surface area contributed by atoms with Crippen LogP contribution in [-0.4, -0.2) is 36.8 Å². The fourth-order valence-electron chi connectivity index (χ4n) is 1.33. The normalized spacial score (nSPS) is 10.0. The van der Waals surface area contributed by atoms with Gasteiger partial charge in [-0.2, -0.15) is 4.98 Å². The van der Waals surface area contributed by atoms with Gasteiger partial charge in [0.1, 0.15) is 5.82 Å². The molecule has 94 valence electrons. The smallest absolute Gasteiger partial charge is 0.225 e. The van der Waals surface area contributed by atoms with E-state index in [1.54, 1.807) is 13.2 Å². The Morgan fingerprint density at radius 3 is 2.94 bits per heavy atom. The molecule has 0 aliphatic heterocycles. The van der Waals surface area contributed by atoms with Crippen LogP contribution in [0.25, 0.3) is 0 Å². The monoisotopic (exact) mass is 236 g/mol. The van der Waals surface area contributed by atoms with Crippen LogP contribution in [0.15, 0.2) is 18.7 Å². The minimum absolute atomic E-state index is 0.624. The zero-order valence-electron chi connectivity index (χ0n) is 10.5. The Morgan fingerprint density at radius 2 is 2.24 bits per heavy atom. The fourth-order valence-corrected chi connectivity index (χ4v) is 1.33. The largest absolute Gasteiger partial charge is 0.385 e. The summed E-state index contributed by atoms with van der Waals surface area (Å²) in [6.45, 7) is 7.84. The van der Waals surface area contributed by atoms with Crippen molar-refractivity contribution in [2.75, 3.05) is 37.4 Å². The van der Waals surface area contributed by atoms with Crippen LogP contribution in [0.5, 0.6) is 0 Å². The molecule has 0 aliphatic rings. The molecule has 0 unspecified atom stereocenters. The van der Waals surface area contributed by atoms with Crippen LogP contribution in [0.3, 0.4) is 0 Å². The summed E-state index contributed by atoms with van der Waals surface area (Å²) in [5.41, 5.74) is 0.931. The molecule has 5 nitrogen and oxygen atoms in total. The predicted molar refractivity (Wildman–Crippen MR) is 70.4 cm³/mol.